The summed E-state index contributed by atoms with van der Waals surface area (Å²) in [6, 6.07) is 26.6. The fraction of sp³-hybridized carbons (Fsp3) is 0.167. The van der Waals surface area contributed by atoms with Crippen molar-refractivity contribution in [2.75, 3.05) is 11.4 Å². The Morgan fingerprint density at radius 3 is 2.00 bits per heavy atom. The van der Waals surface area contributed by atoms with Crippen molar-refractivity contribution in [3.8, 4) is 0 Å². The van der Waals surface area contributed by atoms with Crippen LogP contribution in [0.4, 0.5) is 5.69 Å². The zero-order chi connectivity index (χ0) is 20.2. The monoisotopic (exact) mass is 404 g/mol. The van der Waals surface area contributed by atoms with Gasteiger partial charge < -0.3 is 10.2 Å². The molecule has 1 heterocycles. The van der Waals surface area contributed by atoms with Crippen LogP contribution in [-0.2, 0) is 9.59 Å². The molecule has 5 heteroatoms. The minimum atomic E-state index is -0.395. The number of halogens is 1. The van der Waals surface area contributed by atoms with Crippen LogP contribution in [0, 0.1) is 5.92 Å². The average molecular weight is 405 g/mol. The zero-order valence-corrected chi connectivity index (χ0v) is 16.5. The topological polar surface area (TPSA) is 49.4 Å². The van der Waals surface area contributed by atoms with Crippen molar-refractivity contribution in [1.29, 1.82) is 0 Å². The number of carbonyl (C=O) groups is 2. The van der Waals surface area contributed by atoms with Crippen molar-refractivity contribution < 1.29 is 9.59 Å². The molecule has 2 amide bonds. The standard InChI is InChI=1S/C24H21ClN2O2/c25-20-11-13-21(14-12-20)27-16-19(15-22(27)28)24(29)26-23(17-7-3-1-4-8-17)18-9-5-2-6-10-18/h1-14,19,23H,15-16H2,(H,26,29). The van der Waals surface area contributed by atoms with E-state index in [1.807, 2.05) is 60.7 Å². The zero-order valence-electron chi connectivity index (χ0n) is 15.8. The van der Waals surface area contributed by atoms with E-state index >= 15 is 0 Å². The van der Waals surface area contributed by atoms with Gasteiger partial charge in [-0.1, -0.05) is 72.3 Å². The van der Waals surface area contributed by atoms with Gasteiger partial charge in [-0.2, -0.15) is 0 Å². The third-order valence-corrected chi connectivity index (χ3v) is 5.44. The van der Waals surface area contributed by atoms with Gasteiger partial charge >= 0.3 is 0 Å². The number of rotatable bonds is 5. The van der Waals surface area contributed by atoms with E-state index in [2.05, 4.69) is 5.32 Å². The number of anilines is 1. The molecule has 1 atom stereocenters. The smallest absolute Gasteiger partial charge is 0.227 e. The summed E-state index contributed by atoms with van der Waals surface area (Å²) in [7, 11) is 0. The molecule has 1 aliphatic heterocycles. The highest BCUT2D eigenvalue weighted by Gasteiger charge is 2.36. The van der Waals surface area contributed by atoms with E-state index in [4.69, 9.17) is 11.6 Å². The Balaban J connectivity index is 1.52. The van der Waals surface area contributed by atoms with Crippen LogP contribution in [0.15, 0.2) is 84.9 Å². The van der Waals surface area contributed by atoms with E-state index in [-0.39, 0.29) is 24.3 Å². The minimum Gasteiger partial charge on any atom is -0.345 e. The summed E-state index contributed by atoms with van der Waals surface area (Å²) in [6.45, 7) is 0.364. The molecule has 0 aromatic heterocycles. The lowest BCUT2D eigenvalue weighted by Gasteiger charge is -2.22. The maximum absolute atomic E-state index is 13.1. The lowest BCUT2D eigenvalue weighted by molar-refractivity contribution is -0.126. The van der Waals surface area contributed by atoms with Gasteiger partial charge in [-0.25, -0.2) is 0 Å². The van der Waals surface area contributed by atoms with Gasteiger partial charge in [0.15, 0.2) is 0 Å². The van der Waals surface area contributed by atoms with Crippen molar-refractivity contribution in [3.63, 3.8) is 0 Å². The molecule has 0 aliphatic carbocycles. The van der Waals surface area contributed by atoms with Gasteiger partial charge in [0.25, 0.3) is 0 Å². The molecular formula is C24H21ClN2O2. The van der Waals surface area contributed by atoms with E-state index in [0.29, 0.717) is 11.6 Å². The highest BCUT2D eigenvalue weighted by Crippen LogP contribution is 2.28. The van der Waals surface area contributed by atoms with Crippen LogP contribution < -0.4 is 10.2 Å². The predicted molar refractivity (Wildman–Crippen MR) is 115 cm³/mol. The van der Waals surface area contributed by atoms with Crippen molar-refractivity contribution in [1.82, 2.24) is 5.32 Å². The van der Waals surface area contributed by atoms with Gasteiger partial charge in [-0.15, -0.1) is 0 Å². The fourth-order valence-corrected chi connectivity index (χ4v) is 3.79. The summed E-state index contributed by atoms with van der Waals surface area (Å²) in [4.78, 5) is 27.2. The molecule has 3 aromatic carbocycles. The molecule has 1 fully saturated rings. The number of amides is 2. The maximum atomic E-state index is 13.1. The molecule has 4 rings (SSSR count). The molecule has 1 aliphatic rings. The minimum absolute atomic E-state index is 0.0524. The maximum Gasteiger partial charge on any atom is 0.227 e. The van der Waals surface area contributed by atoms with Gasteiger partial charge in [-0.05, 0) is 35.4 Å². The summed E-state index contributed by atoms with van der Waals surface area (Å²) in [6.07, 6.45) is 0.199. The Labute approximate surface area is 175 Å². The highest BCUT2D eigenvalue weighted by atomic mass is 35.5. The Kier molecular flexibility index (Phi) is 5.63. The normalized spacial score (nSPS) is 16.3. The molecule has 1 saturated heterocycles. The number of nitrogens with zero attached hydrogens (tertiary/aromatic N) is 1. The van der Waals surface area contributed by atoms with Crippen LogP contribution >= 0.6 is 11.6 Å². The van der Waals surface area contributed by atoms with Crippen LogP contribution in [0.1, 0.15) is 23.6 Å². The van der Waals surface area contributed by atoms with Gasteiger partial charge in [0.2, 0.25) is 11.8 Å². The Morgan fingerprint density at radius 2 is 1.45 bits per heavy atom. The van der Waals surface area contributed by atoms with Crippen molar-refractivity contribution in [3.05, 3.63) is 101 Å². The van der Waals surface area contributed by atoms with Gasteiger partial charge in [0, 0.05) is 23.7 Å². The third-order valence-electron chi connectivity index (χ3n) is 5.19. The van der Waals surface area contributed by atoms with Crippen molar-refractivity contribution in [2.24, 2.45) is 5.92 Å². The van der Waals surface area contributed by atoms with Crippen LogP contribution in [0.5, 0.6) is 0 Å². The van der Waals surface area contributed by atoms with E-state index in [1.54, 1.807) is 29.2 Å². The molecule has 0 bridgehead atoms. The third kappa shape index (κ3) is 4.33. The number of nitrogens with one attached hydrogen (secondary N) is 1. The molecular weight excluding hydrogens is 384 g/mol. The molecule has 0 radical (unpaired) electrons. The molecule has 1 N–H and O–H groups in total. The Bertz CT molecular complexity index is 951. The summed E-state index contributed by atoms with van der Waals surface area (Å²) in [5, 5.41) is 3.77. The Hall–Kier alpha value is -3.11. The molecule has 0 saturated carbocycles. The van der Waals surface area contributed by atoms with E-state index in [0.717, 1.165) is 16.8 Å². The van der Waals surface area contributed by atoms with Crippen molar-refractivity contribution in [2.45, 2.75) is 12.5 Å². The van der Waals surface area contributed by atoms with Crippen molar-refractivity contribution >= 4 is 29.1 Å². The lowest BCUT2D eigenvalue weighted by atomic mass is 9.97. The summed E-state index contributed by atoms with van der Waals surface area (Å²) in [5.41, 5.74) is 2.77. The second-order valence-corrected chi connectivity index (χ2v) is 7.58. The van der Waals surface area contributed by atoms with Crippen LogP contribution in [0.25, 0.3) is 0 Å². The van der Waals surface area contributed by atoms with E-state index in [9.17, 15) is 9.59 Å². The summed E-state index contributed by atoms with van der Waals surface area (Å²) in [5.74, 6) is -0.566. The van der Waals surface area contributed by atoms with Gasteiger partial charge in [-0.3, -0.25) is 9.59 Å². The first-order valence-corrected chi connectivity index (χ1v) is 9.96. The SMILES string of the molecule is O=C(NC(c1ccccc1)c1ccccc1)C1CC(=O)N(c2ccc(Cl)cc2)C1. The number of carbonyl (C=O) groups excluding carboxylic acids is 2. The van der Waals surface area contributed by atoms with Gasteiger partial charge in [0.05, 0.1) is 12.0 Å². The second kappa shape index (κ2) is 8.50. The first-order valence-electron chi connectivity index (χ1n) is 9.58. The molecule has 4 nitrogen and oxygen atoms in total. The molecule has 146 valence electrons. The van der Waals surface area contributed by atoms with Crippen LogP contribution in [-0.4, -0.2) is 18.4 Å². The largest absolute Gasteiger partial charge is 0.345 e. The predicted octanol–water partition coefficient (Wildman–Crippen LogP) is 4.60. The van der Waals surface area contributed by atoms with E-state index in [1.165, 1.54) is 0 Å². The number of hydrogen-bond acceptors (Lipinski definition) is 2. The molecule has 0 spiro atoms. The lowest BCUT2D eigenvalue weighted by Crippen LogP contribution is -2.36. The first kappa shape index (κ1) is 19.2. The quantitative estimate of drug-likeness (QED) is 0.675. The first-order chi connectivity index (χ1) is 14.1. The van der Waals surface area contributed by atoms with E-state index < -0.39 is 5.92 Å². The average Bonchev–Trinajstić information content (AvgIpc) is 3.15. The fourth-order valence-electron chi connectivity index (χ4n) is 3.66. The second-order valence-electron chi connectivity index (χ2n) is 7.14. The van der Waals surface area contributed by atoms with Gasteiger partial charge in [0.1, 0.15) is 0 Å². The number of benzene rings is 3. The molecule has 29 heavy (non-hydrogen) atoms. The Morgan fingerprint density at radius 1 is 0.897 bits per heavy atom. The summed E-state index contributed by atoms with van der Waals surface area (Å²) >= 11 is 5.94. The molecule has 3 aromatic rings. The molecule has 1 unspecified atom stereocenters. The summed E-state index contributed by atoms with van der Waals surface area (Å²) < 4.78 is 0. The van der Waals surface area contributed by atoms with Crippen LogP contribution in [0.2, 0.25) is 5.02 Å². The van der Waals surface area contributed by atoms with Crippen LogP contribution in [0.3, 0.4) is 0 Å². The number of hydrogen-bond donors (Lipinski definition) is 1. The highest BCUT2D eigenvalue weighted by molar-refractivity contribution is 6.30.